The van der Waals surface area contributed by atoms with Crippen LogP contribution in [0.5, 0.6) is 0 Å². The summed E-state index contributed by atoms with van der Waals surface area (Å²) in [6.07, 6.45) is 17.0. The molecule has 0 aromatic carbocycles. The molecule has 0 spiro atoms. The molecule has 3 nitrogen and oxygen atoms in total. The van der Waals surface area contributed by atoms with Gasteiger partial charge in [0, 0.05) is 13.2 Å². The molecule has 140 valence electrons. The number of ether oxygens (including phenoxy) is 2. The Balaban J connectivity index is 2.78. The van der Waals surface area contributed by atoms with E-state index < -0.39 is 0 Å². The quantitative estimate of drug-likeness (QED) is 0.401. The van der Waals surface area contributed by atoms with Crippen LogP contribution in [0.3, 0.4) is 0 Å². The van der Waals surface area contributed by atoms with E-state index in [0.717, 1.165) is 32.6 Å². The van der Waals surface area contributed by atoms with Gasteiger partial charge >= 0.3 is 0 Å². The summed E-state index contributed by atoms with van der Waals surface area (Å²) in [6, 6.07) is 0.259. The fourth-order valence-corrected chi connectivity index (χ4v) is 3.24. The smallest absolute Gasteiger partial charge is 0.0870 e. The van der Waals surface area contributed by atoms with E-state index in [1.807, 2.05) is 6.26 Å². The molecule has 1 atom stereocenters. The van der Waals surface area contributed by atoms with Gasteiger partial charge in [0.1, 0.15) is 0 Å². The van der Waals surface area contributed by atoms with E-state index in [9.17, 15) is 0 Å². The third kappa shape index (κ3) is 9.48. The van der Waals surface area contributed by atoms with Gasteiger partial charge in [-0.15, -0.1) is 0 Å². The van der Waals surface area contributed by atoms with Crippen molar-refractivity contribution < 1.29 is 9.47 Å². The largest absolute Gasteiger partial charge is 0.501 e. The molecule has 0 amide bonds. The first-order chi connectivity index (χ1) is 11.8. The second-order valence-electron chi connectivity index (χ2n) is 6.93. The maximum atomic E-state index is 5.56. The lowest BCUT2D eigenvalue weighted by atomic mass is 9.96. The first-order valence-electron chi connectivity index (χ1n) is 9.98. The lowest BCUT2D eigenvalue weighted by Crippen LogP contribution is -2.30. The Morgan fingerprint density at radius 1 is 1.04 bits per heavy atom. The van der Waals surface area contributed by atoms with Crippen molar-refractivity contribution in [2.75, 3.05) is 26.9 Å². The Morgan fingerprint density at radius 3 is 2.38 bits per heavy atom. The summed E-state index contributed by atoms with van der Waals surface area (Å²) in [7, 11) is 1.80. The third-order valence-electron chi connectivity index (χ3n) is 4.80. The van der Waals surface area contributed by atoms with Gasteiger partial charge < -0.3 is 14.8 Å². The van der Waals surface area contributed by atoms with Gasteiger partial charge in [-0.3, -0.25) is 0 Å². The molecule has 24 heavy (non-hydrogen) atoms. The van der Waals surface area contributed by atoms with Gasteiger partial charge in [0.2, 0.25) is 0 Å². The van der Waals surface area contributed by atoms with Crippen molar-refractivity contribution in [1.29, 1.82) is 0 Å². The van der Waals surface area contributed by atoms with Crippen LogP contribution in [0.4, 0.5) is 0 Å². The number of methoxy groups -OCH3 is 1. The zero-order valence-corrected chi connectivity index (χ0v) is 16.2. The molecule has 0 saturated heterocycles. The monoisotopic (exact) mass is 337 g/mol. The maximum absolute atomic E-state index is 5.56. The Morgan fingerprint density at radius 2 is 1.71 bits per heavy atom. The Kier molecular flexibility index (Phi) is 12.9. The molecule has 0 bridgehead atoms. The number of hydrogen-bond donors (Lipinski definition) is 1. The molecular weight excluding hydrogens is 298 g/mol. The Bertz CT molecular complexity index is 363. The molecule has 1 N–H and O–H groups in total. The summed E-state index contributed by atoms with van der Waals surface area (Å²) in [4.78, 5) is 0. The SMILES string of the molecule is CCCOC=CC1NCCCCCCCCCC/C(COC)=C/1C. The molecule has 3 heteroatoms. The average Bonchev–Trinajstić information content (AvgIpc) is 2.59. The van der Waals surface area contributed by atoms with Crippen molar-refractivity contribution in [3.05, 3.63) is 23.5 Å². The van der Waals surface area contributed by atoms with E-state index >= 15 is 0 Å². The molecule has 0 aliphatic carbocycles. The summed E-state index contributed by atoms with van der Waals surface area (Å²) in [5.41, 5.74) is 2.86. The summed E-state index contributed by atoms with van der Waals surface area (Å²) >= 11 is 0. The summed E-state index contributed by atoms with van der Waals surface area (Å²) < 4.78 is 11.0. The zero-order chi connectivity index (χ0) is 17.5. The molecule has 0 fully saturated rings. The van der Waals surface area contributed by atoms with Crippen LogP contribution >= 0.6 is 0 Å². The minimum atomic E-state index is 0.259. The van der Waals surface area contributed by atoms with Gasteiger partial charge in [-0.2, -0.15) is 0 Å². The molecule has 0 aromatic heterocycles. The second kappa shape index (κ2) is 14.5. The van der Waals surface area contributed by atoms with Crippen LogP contribution in [-0.4, -0.2) is 32.9 Å². The number of hydrogen-bond acceptors (Lipinski definition) is 3. The first kappa shape index (κ1) is 21.2. The van der Waals surface area contributed by atoms with E-state index in [-0.39, 0.29) is 6.04 Å². The highest BCUT2D eigenvalue weighted by Gasteiger charge is 2.12. The summed E-state index contributed by atoms with van der Waals surface area (Å²) in [5.74, 6) is 0. The molecule has 0 saturated carbocycles. The lowest BCUT2D eigenvalue weighted by Gasteiger charge is -2.21. The van der Waals surface area contributed by atoms with Crippen LogP contribution in [0.2, 0.25) is 0 Å². The van der Waals surface area contributed by atoms with Gasteiger partial charge in [0.25, 0.3) is 0 Å². The molecule has 1 aliphatic heterocycles. The topological polar surface area (TPSA) is 30.5 Å². The molecule has 1 rings (SSSR count). The van der Waals surface area contributed by atoms with Crippen molar-refractivity contribution in [3.8, 4) is 0 Å². The third-order valence-corrected chi connectivity index (χ3v) is 4.80. The van der Waals surface area contributed by atoms with E-state index in [0.29, 0.717) is 0 Å². The Hall–Kier alpha value is -0.800. The van der Waals surface area contributed by atoms with E-state index in [1.54, 1.807) is 7.11 Å². The Labute approximate surface area is 149 Å². The predicted molar refractivity (Wildman–Crippen MR) is 103 cm³/mol. The molecule has 0 aromatic rings. The standard InChI is InChI=1S/C21H39NO2/c1-4-16-24-17-14-21-19(2)20(18-23-3)13-11-9-7-5-6-8-10-12-15-22-21/h14,17,21-22H,4-13,15-16,18H2,1-3H3/b17-14?,20-19-. The summed E-state index contributed by atoms with van der Waals surface area (Å²) in [6.45, 7) is 6.99. The van der Waals surface area contributed by atoms with Crippen LogP contribution in [0.15, 0.2) is 23.5 Å². The van der Waals surface area contributed by atoms with Crippen molar-refractivity contribution in [3.63, 3.8) is 0 Å². The van der Waals surface area contributed by atoms with Crippen LogP contribution in [0.25, 0.3) is 0 Å². The maximum Gasteiger partial charge on any atom is 0.0870 e. The minimum Gasteiger partial charge on any atom is -0.501 e. The van der Waals surface area contributed by atoms with Crippen molar-refractivity contribution >= 4 is 0 Å². The molecule has 1 aliphatic rings. The van der Waals surface area contributed by atoms with Gasteiger partial charge in [-0.1, -0.05) is 51.0 Å². The second-order valence-corrected chi connectivity index (χ2v) is 6.93. The molecule has 0 radical (unpaired) electrons. The van der Waals surface area contributed by atoms with Crippen LogP contribution < -0.4 is 5.32 Å². The van der Waals surface area contributed by atoms with Crippen LogP contribution in [-0.2, 0) is 9.47 Å². The van der Waals surface area contributed by atoms with Gasteiger partial charge in [-0.25, -0.2) is 0 Å². The molecule has 1 heterocycles. The normalized spacial score (nSPS) is 25.5. The first-order valence-corrected chi connectivity index (χ1v) is 9.98. The number of rotatable bonds is 6. The van der Waals surface area contributed by atoms with Crippen LogP contribution in [0.1, 0.15) is 78.1 Å². The zero-order valence-electron chi connectivity index (χ0n) is 16.2. The molecule has 1 unspecified atom stereocenters. The van der Waals surface area contributed by atoms with Crippen LogP contribution in [0, 0.1) is 0 Å². The van der Waals surface area contributed by atoms with Gasteiger partial charge in [-0.05, 0) is 50.8 Å². The van der Waals surface area contributed by atoms with Crippen molar-refractivity contribution in [2.24, 2.45) is 0 Å². The highest BCUT2D eigenvalue weighted by Crippen LogP contribution is 2.19. The average molecular weight is 338 g/mol. The highest BCUT2D eigenvalue weighted by atomic mass is 16.5. The fourth-order valence-electron chi connectivity index (χ4n) is 3.24. The molecular formula is C21H39NO2. The highest BCUT2D eigenvalue weighted by molar-refractivity contribution is 5.23. The minimum absolute atomic E-state index is 0.259. The van der Waals surface area contributed by atoms with E-state index in [4.69, 9.17) is 9.47 Å². The van der Waals surface area contributed by atoms with E-state index in [1.165, 1.54) is 62.5 Å². The van der Waals surface area contributed by atoms with E-state index in [2.05, 4.69) is 25.2 Å². The van der Waals surface area contributed by atoms with Crippen molar-refractivity contribution in [1.82, 2.24) is 5.32 Å². The predicted octanol–water partition coefficient (Wildman–Crippen LogP) is 5.37. The lowest BCUT2D eigenvalue weighted by molar-refractivity contribution is 0.221. The van der Waals surface area contributed by atoms with Gasteiger partial charge in [0.15, 0.2) is 0 Å². The number of nitrogens with one attached hydrogen (secondary N) is 1. The van der Waals surface area contributed by atoms with Gasteiger partial charge in [0.05, 0.1) is 19.5 Å². The fraction of sp³-hybridized carbons (Fsp3) is 0.810. The van der Waals surface area contributed by atoms with Crippen molar-refractivity contribution in [2.45, 2.75) is 84.1 Å². The summed E-state index contributed by atoms with van der Waals surface area (Å²) in [5, 5.41) is 3.71.